The van der Waals surface area contributed by atoms with Crippen molar-refractivity contribution in [1.82, 2.24) is 20.1 Å². The molecule has 2 aromatic rings. The van der Waals surface area contributed by atoms with E-state index in [4.69, 9.17) is 4.74 Å². The summed E-state index contributed by atoms with van der Waals surface area (Å²) in [5, 5.41) is 7.54. The number of aryl methyl sites for hydroxylation is 1. The molecule has 19 heavy (non-hydrogen) atoms. The molecule has 1 aromatic heterocycles. The number of rotatable bonds is 6. The van der Waals surface area contributed by atoms with Crippen molar-refractivity contribution in [2.45, 2.75) is 32.0 Å². The predicted molar refractivity (Wildman–Crippen MR) is 71.6 cm³/mol. The summed E-state index contributed by atoms with van der Waals surface area (Å²) < 4.78 is 7.58. The highest BCUT2D eigenvalue weighted by Crippen LogP contribution is 2.23. The van der Waals surface area contributed by atoms with Crippen molar-refractivity contribution in [2.24, 2.45) is 7.05 Å². The lowest BCUT2D eigenvalue weighted by Gasteiger charge is -2.11. The van der Waals surface area contributed by atoms with Crippen LogP contribution in [0.2, 0.25) is 0 Å². The van der Waals surface area contributed by atoms with E-state index in [0.717, 1.165) is 18.1 Å². The van der Waals surface area contributed by atoms with Gasteiger partial charge in [0.2, 0.25) is 0 Å². The van der Waals surface area contributed by atoms with E-state index in [0.29, 0.717) is 12.6 Å². The highest BCUT2D eigenvalue weighted by atomic mass is 16.5. The predicted octanol–water partition coefficient (Wildman–Crippen LogP) is 1.65. The van der Waals surface area contributed by atoms with Crippen LogP contribution in [0.4, 0.5) is 0 Å². The van der Waals surface area contributed by atoms with E-state index in [1.165, 1.54) is 18.4 Å². The Balaban J connectivity index is 1.64. The molecule has 0 bridgehead atoms. The fourth-order valence-corrected chi connectivity index (χ4v) is 1.93. The Morgan fingerprint density at radius 3 is 2.95 bits per heavy atom. The maximum absolute atomic E-state index is 5.85. The molecule has 0 aliphatic heterocycles. The van der Waals surface area contributed by atoms with Crippen molar-refractivity contribution in [3.05, 3.63) is 42.0 Å². The maximum Gasteiger partial charge on any atom is 0.164 e. The van der Waals surface area contributed by atoms with Crippen molar-refractivity contribution in [1.29, 1.82) is 0 Å². The van der Waals surface area contributed by atoms with Crippen LogP contribution >= 0.6 is 0 Å². The third-order valence-electron chi connectivity index (χ3n) is 3.29. The van der Waals surface area contributed by atoms with Gasteiger partial charge in [-0.2, -0.15) is 5.10 Å². The lowest BCUT2D eigenvalue weighted by molar-refractivity contribution is 0.286. The number of para-hydroxylation sites is 1. The first-order valence-electron chi connectivity index (χ1n) is 6.60. The molecule has 1 N–H and O–H groups in total. The summed E-state index contributed by atoms with van der Waals surface area (Å²) in [6.07, 6.45) is 4.13. The van der Waals surface area contributed by atoms with Crippen molar-refractivity contribution in [2.75, 3.05) is 0 Å². The van der Waals surface area contributed by atoms with Gasteiger partial charge in [0.1, 0.15) is 18.7 Å². The van der Waals surface area contributed by atoms with Crippen LogP contribution in [0, 0.1) is 0 Å². The monoisotopic (exact) mass is 258 g/mol. The Morgan fingerprint density at radius 1 is 1.37 bits per heavy atom. The standard InChI is InChI=1S/C14H18N4O/c1-18-14(16-10-17-18)9-19-13-5-3-2-4-11(13)8-15-12-6-7-12/h2-5,10,12,15H,6-9H2,1H3. The first-order valence-corrected chi connectivity index (χ1v) is 6.60. The molecule has 0 amide bonds. The van der Waals surface area contributed by atoms with E-state index in [9.17, 15) is 0 Å². The number of ether oxygens (including phenoxy) is 1. The molecular formula is C14H18N4O. The van der Waals surface area contributed by atoms with E-state index >= 15 is 0 Å². The second-order valence-corrected chi connectivity index (χ2v) is 4.85. The molecule has 0 saturated heterocycles. The van der Waals surface area contributed by atoms with Gasteiger partial charge in [-0.15, -0.1) is 0 Å². The zero-order valence-electron chi connectivity index (χ0n) is 11.0. The zero-order chi connectivity index (χ0) is 13.1. The number of hydrogen-bond donors (Lipinski definition) is 1. The van der Waals surface area contributed by atoms with Crippen LogP contribution in [-0.4, -0.2) is 20.8 Å². The Bertz CT molecular complexity index is 548. The Hall–Kier alpha value is -1.88. The minimum atomic E-state index is 0.441. The minimum absolute atomic E-state index is 0.441. The Morgan fingerprint density at radius 2 is 2.21 bits per heavy atom. The third-order valence-corrected chi connectivity index (χ3v) is 3.29. The van der Waals surface area contributed by atoms with Gasteiger partial charge in [0.15, 0.2) is 5.82 Å². The van der Waals surface area contributed by atoms with Gasteiger partial charge in [0, 0.05) is 25.2 Å². The smallest absolute Gasteiger partial charge is 0.164 e. The molecule has 3 rings (SSSR count). The van der Waals surface area contributed by atoms with E-state index in [1.807, 2.05) is 25.2 Å². The maximum atomic E-state index is 5.85. The molecule has 1 aliphatic rings. The molecule has 1 heterocycles. The molecule has 0 radical (unpaired) electrons. The highest BCUT2D eigenvalue weighted by molar-refractivity contribution is 5.33. The van der Waals surface area contributed by atoms with Gasteiger partial charge < -0.3 is 10.1 Å². The van der Waals surface area contributed by atoms with Gasteiger partial charge in [0.25, 0.3) is 0 Å². The molecular weight excluding hydrogens is 240 g/mol. The molecule has 1 aliphatic carbocycles. The lowest BCUT2D eigenvalue weighted by atomic mass is 10.2. The summed E-state index contributed by atoms with van der Waals surface area (Å²) in [7, 11) is 1.87. The largest absolute Gasteiger partial charge is 0.485 e. The van der Waals surface area contributed by atoms with Crippen LogP contribution in [0.3, 0.4) is 0 Å². The van der Waals surface area contributed by atoms with Crippen LogP contribution in [0.1, 0.15) is 24.2 Å². The van der Waals surface area contributed by atoms with Gasteiger partial charge in [-0.25, -0.2) is 4.98 Å². The van der Waals surface area contributed by atoms with Crippen molar-refractivity contribution >= 4 is 0 Å². The Kier molecular flexibility index (Phi) is 3.46. The SMILES string of the molecule is Cn1ncnc1COc1ccccc1CNC1CC1. The summed E-state index contributed by atoms with van der Waals surface area (Å²) in [4.78, 5) is 4.16. The summed E-state index contributed by atoms with van der Waals surface area (Å²) in [6.45, 7) is 1.30. The molecule has 1 saturated carbocycles. The third kappa shape index (κ3) is 3.12. The van der Waals surface area contributed by atoms with Gasteiger partial charge >= 0.3 is 0 Å². The molecule has 100 valence electrons. The van der Waals surface area contributed by atoms with E-state index in [-0.39, 0.29) is 0 Å². The average molecular weight is 258 g/mol. The quantitative estimate of drug-likeness (QED) is 0.856. The number of nitrogens with one attached hydrogen (secondary N) is 1. The summed E-state index contributed by atoms with van der Waals surface area (Å²) in [6, 6.07) is 8.83. The molecule has 1 fully saturated rings. The van der Waals surface area contributed by atoms with E-state index in [1.54, 1.807) is 11.0 Å². The van der Waals surface area contributed by atoms with Gasteiger partial charge in [0.05, 0.1) is 0 Å². The van der Waals surface area contributed by atoms with Gasteiger partial charge in [-0.3, -0.25) is 4.68 Å². The number of aromatic nitrogens is 3. The molecule has 1 aromatic carbocycles. The normalized spacial score (nSPS) is 14.6. The van der Waals surface area contributed by atoms with Crippen LogP contribution in [0.25, 0.3) is 0 Å². The summed E-state index contributed by atoms with van der Waals surface area (Å²) in [5.74, 6) is 1.74. The number of benzene rings is 1. The lowest BCUT2D eigenvalue weighted by Crippen LogP contribution is -2.16. The fraction of sp³-hybridized carbons (Fsp3) is 0.429. The van der Waals surface area contributed by atoms with Crippen molar-refractivity contribution < 1.29 is 4.74 Å². The first-order chi connectivity index (χ1) is 9.33. The molecule has 0 atom stereocenters. The molecule has 5 heteroatoms. The fourth-order valence-electron chi connectivity index (χ4n) is 1.93. The van der Waals surface area contributed by atoms with Crippen LogP contribution in [-0.2, 0) is 20.2 Å². The minimum Gasteiger partial charge on any atom is -0.485 e. The number of hydrogen-bond acceptors (Lipinski definition) is 4. The number of nitrogens with zero attached hydrogens (tertiary/aromatic N) is 3. The first kappa shape index (κ1) is 12.2. The summed E-state index contributed by atoms with van der Waals surface area (Å²) >= 11 is 0. The topological polar surface area (TPSA) is 52.0 Å². The van der Waals surface area contributed by atoms with Crippen LogP contribution in [0.15, 0.2) is 30.6 Å². The zero-order valence-corrected chi connectivity index (χ0v) is 11.0. The van der Waals surface area contributed by atoms with Gasteiger partial charge in [-0.1, -0.05) is 18.2 Å². The molecule has 0 unspecified atom stereocenters. The van der Waals surface area contributed by atoms with Crippen LogP contribution in [0.5, 0.6) is 5.75 Å². The Labute approximate surface area is 112 Å². The van der Waals surface area contributed by atoms with E-state index in [2.05, 4.69) is 21.5 Å². The van der Waals surface area contributed by atoms with Gasteiger partial charge in [-0.05, 0) is 18.9 Å². The molecule has 5 nitrogen and oxygen atoms in total. The van der Waals surface area contributed by atoms with Crippen LogP contribution < -0.4 is 10.1 Å². The van der Waals surface area contributed by atoms with E-state index < -0.39 is 0 Å². The van der Waals surface area contributed by atoms with Crippen molar-refractivity contribution in [3.63, 3.8) is 0 Å². The summed E-state index contributed by atoms with van der Waals surface area (Å²) in [5.41, 5.74) is 1.19. The van der Waals surface area contributed by atoms with Crippen molar-refractivity contribution in [3.8, 4) is 5.75 Å². The highest BCUT2D eigenvalue weighted by Gasteiger charge is 2.20. The average Bonchev–Trinajstić information content (AvgIpc) is 3.17. The second kappa shape index (κ2) is 5.40. The molecule has 0 spiro atoms. The second-order valence-electron chi connectivity index (χ2n) is 4.85.